The van der Waals surface area contributed by atoms with E-state index in [0.717, 1.165) is 5.57 Å². The summed E-state index contributed by atoms with van der Waals surface area (Å²) >= 11 is 0. The molecule has 0 saturated carbocycles. The van der Waals surface area contributed by atoms with Gasteiger partial charge in [0.15, 0.2) is 0 Å². The normalized spacial score (nSPS) is 19.4. The molecule has 2 N–H and O–H groups in total. The Balaban J connectivity index is 0.00000256. The number of rotatable bonds is 4. The number of likely N-dealkylation sites (N-methyl/N-ethyl adjacent to an activating group) is 1. The van der Waals surface area contributed by atoms with Crippen molar-refractivity contribution in [1.82, 2.24) is 10.2 Å². The zero-order valence-corrected chi connectivity index (χ0v) is 12.9. The smallest absolute Gasteiger partial charge is 0.666 e. The summed E-state index contributed by atoms with van der Waals surface area (Å²) in [6.45, 7) is 4.27. The van der Waals surface area contributed by atoms with Crippen molar-refractivity contribution < 1.29 is 42.3 Å². The molecule has 5 nitrogen and oxygen atoms in total. The fraction of sp³-hybridized carbons (Fsp3) is 0.455. The molecule has 6 heteroatoms. The molecule has 88 valence electrons. The summed E-state index contributed by atoms with van der Waals surface area (Å²) in [6.07, 6.45) is 5.13. The van der Waals surface area contributed by atoms with Crippen molar-refractivity contribution in [2.45, 2.75) is 19.9 Å². The second-order valence-corrected chi connectivity index (χ2v) is 3.65. The molecule has 1 aliphatic heterocycles. The molecular formula is C11H16N3O2Y+2. The van der Waals surface area contributed by atoms with E-state index in [0.29, 0.717) is 6.54 Å². The predicted molar refractivity (Wildman–Crippen MR) is 61.4 cm³/mol. The summed E-state index contributed by atoms with van der Waals surface area (Å²) in [6, 6.07) is -0.417. The van der Waals surface area contributed by atoms with Crippen molar-refractivity contribution in [3.63, 3.8) is 0 Å². The van der Waals surface area contributed by atoms with E-state index < -0.39 is 11.9 Å². The van der Waals surface area contributed by atoms with Crippen LogP contribution in [-0.4, -0.2) is 35.8 Å². The molecule has 1 aliphatic rings. The van der Waals surface area contributed by atoms with Crippen molar-refractivity contribution in [2.75, 3.05) is 13.1 Å². The van der Waals surface area contributed by atoms with E-state index in [9.17, 15) is 9.59 Å². The zero-order chi connectivity index (χ0) is 12.1. The second-order valence-electron chi connectivity index (χ2n) is 3.65. The van der Waals surface area contributed by atoms with Gasteiger partial charge >= 0.3 is 32.7 Å². The second kappa shape index (κ2) is 7.74. The molecule has 1 rings (SSSR count). The van der Waals surface area contributed by atoms with Crippen molar-refractivity contribution in [2.24, 2.45) is 0 Å². The zero-order valence-electron chi connectivity index (χ0n) is 10.1. The van der Waals surface area contributed by atoms with Crippen LogP contribution in [0.4, 0.5) is 0 Å². The first-order valence-corrected chi connectivity index (χ1v) is 5.19. The van der Waals surface area contributed by atoms with Crippen LogP contribution in [0.25, 0.3) is 5.73 Å². The van der Waals surface area contributed by atoms with Crippen molar-refractivity contribution in [1.29, 1.82) is 0 Å². The van der Waals surface area contributed by atoms with E-state index in [2.05, 4.69) is 5.32 Å². The molecule has 1 unspecified atom stereocenters. The molecule has 0 aromatic rings. The summed E-state index contributed by atoms with van der Waals surface area (Å²) in [5.74, 6) is -0.969. The van der Waals surface area contributed by atoms with Gasteiger partial charge in [0.2, 0.25) is 5.91 Å². The van der Waals surface area contributed by atoms with Gasteiger partial charge in [0.25, 0.3) is 0 Å². The van der Waals surface area contributed by atoms with Gasteiger partial charge in [-0.1, -0.05) is 18.6 Å². The first-order valence-electron chi connectivity index (χ1n) is 5.19. The van der Waals surface area contributed by atoms with Crippen LogP contribution in [0.5, 0.6) is 0 Å². The number of hydrogen-bond acceptors (Lipinski definition) is 3. The minimum Gasteiger partial charge on any atom is -0.666 e. The molecule has 1 atom stereocenters. The van der Waals surface area contributed by atoms with Crippen LogP contribution < -0.4 is 5.32 Å². The van der Waals surface area contributed by atoms with Crippen LogP contribution in [0.15, 0.2) is 23.9 Å². The molecule has 17 heavy (non-hydrogen) atoms. The molecule has 0 aliphatic carbocycles. The standard InChI is InChI=1S/C11H17N3O2.Y/c1-3-13-9-6-8(2)4-5-14(11(9)16)7-10(12)15;/h4-6,9,13H,3,7H2,1-2H3,(H2,12,15);/q;+3/p-1. The van der Waals surface area contributed by atoms with Gasteiger partial charge in [-0.05, 0) is 19.5 Å². The third-order valence-electron chi connectivity index (χ3n) is 2.23. The summed E-state index contributed by atoms with van der Waals surface area (Å²) < 4.78 is 0. The molecule has 0 bridgehead atoms. The van der Waals surface area contributed by atoms with Gasteiger partial charge in [-0.25, -0.2) is 0 Å². The summed E-state index contributed by atoms with van der Waals surface area (Å²) in [4.78, 5) is 23.9. The molecule has 0 fully saturated rings. The Bertz CT molecular complexity index is 353. The quantitative estimate of drug-likeness (QED) is 0.836. The predicted octanol–water partition coefficient (Wildman–Crippen LogP) is 0.843. The first-order chi connectivity index (χ1) is 7.54. The third kappa shape index (κ3) is 5.10. The van der Waals surface area contributed by atoms with Crippen molar-refractivity contribution in [3.05, 3.63) is 29.7 Å². The maximum Gasteiger partial charge on any atom is 3.00 e. The Kier molecular flexibility index (Phi) is 7.51. The van der Waals surface area contributed by atoms with Gasteiger partial charge in [0.1, 0.15) is 6.04 Å². The van der Waals surface area contributed by atoms with Crippen LogP contribution in [0, 0.1) is 0 Å². The van der Waals surface area contributed by atoms with Crippen molar-refractivity contribution in [3.8, 4) is 0 Å². The average molecular weight is 311 g/mol. The molecule has 2 amide bonds. The summed E-state index contributed by atoms with van der Waals surface area (Å²) in [5, 5.41) is 3.03. The van der Waals surface area contributed by atoms with Gasteiger partial charge in [0, 0.05) is 6.20 Å². The third-order valence-corrected chi connectivity index (χ3v) is 2.23. The van der Waals surface area contributed by atoms with Crippen LogP contribution in [0.2, 0.25) is 0 Å². The van der Waals surface area contributed by atoms with Crippen LogP contribution >= 0.6 is 0 Å². The van der Waals surface area contributed by atoms with Crippen molar-refractivity contribution >= 4 is 11.8 Å². The number of carbonyl (C=O) groups excluding carboxylic acids is 2. The first kappa shape index (κ1) is 16.5. The molecule has 1 heterocycles. The fourth-order valence-electron chi connectivity index (χ4n) is 1.50. The van der Waals surface area contributed by atoms with E-state index in [-0.39, 0.29) is 45.2 Å². The van der Waals surface area contributed by atoms with Gasteiger partial charge in [0.05, 0.1) is 12.5 Å². The Morgan fingerprint density at radius 2 is 2.24 bits per heavy atom. The number of hydrogen-bond donors (Lipinski definition) is 1. The number of amides is 2. The average Bonchev–Trinajstić information content (AvgIpc) is 2.32. The summed E-state index contributed by atoms with van der Waals surface area (Å²) in [7, 11) is 0. The van der Waals surface area contributed by atoms with Gasteiger partial charge in [-0.2, -0.15) is 0 Å². The van der Waals surface area contributed by atoms with Gasteiger partial charge < -0.3 is 20.7 Å². The maximum atomic E-state index is 11.9. The molecule has 0 radical (unpaired) electrons. The van der Waals surface area contributed by atoms with E-state index >= 15 is 0 Å². The van der Waals surface area contributed by atoms with Crippen LogP contribution in [-0.2, 0) is 42.3 Å². The van der Waals surface area contributed by atoms with E-state index in [1.54, 1.807) is 12.3 Å². The minimum atomic E-state index is -0.771. The number of nitrogens with zero attached hydrogens (tertiary/aromatic N) is 1. The van der Waals surface area contributed by atoms with Gasteiger partial charge in [-0.15, -0.1) is 0 Å². The van der Waals surface area contributed by atoms with Gasteiger partial charge in [-0.3, -0.25) is 4.79 Å². The SMILES string of the molecule is CCNC1C=C(C)C=CN(CC([NH-])=O)C1=O.[Y+3]. The van der Waals surface area contributed by atoms with E-state index in [1.165, 1.54) is 4.90 Å². The van der Waals surface area contributed by atoms with Crippen LogP contribution in [0.3, 0.4) is 0 Å². The fourth-order valence-corrected chi connectivity index (χ4v) is 1.50. The minimum absolute atomic E-state index is 0. The Labute approximate surface area is 126 Å². The molecule has 0 saturated heterocycles. The monoisotopic (exact) mass is 311 g/mol. The van der Waals surface area contributed by atoms with Crippen LogP contribution in [0.1, 0.15) is 13.8 Å². The number of carbonyl (C=O) groups is 2. The molecule has 0 aromatic heterocycles. The molecular weight excluding hydrogens is 295 g/mol. The largest absolute Gasteiger partial charge is 3.00 e. The molecule has 0 aromatic carbocycles. The molecule has 0 spiro atoms. The summed E-state index contributed by atoms with van der Waals surface area (Å²) in [5.41, 5.74) is 7.85. The van der Waals surface area contributed by atoms with E-state index in [1.807, 2.05) is 19.9 Å². The number of allylic oxidation sites excluding steroid dienone is 2. The Morgan fingerprint density at radius 3 is 2.76 bits per heavy atom. The Hall–Kier alpha value is -0.516. The number of nitrogens with one attached hydrogen (secondary N) is 2. The Morgan fingerprint density at radius 1 is 1.59 bits per heavy atom. The maximum absolute atomic E-state index is 11.9. The van der Waals surface area contributed by atoms with E-state index in [4.69, 9.17) is 5.73 Å². The topological polar surface area (TPSA) is 73.2 Å².